The average molecular weight is 266 g/mol. The molecule has 1 aromatic rings. The van der Waals surface area contributed by atoms with Crippen molar-refractivity contribution in [2.24, 2.45) is 5.92 Å². The van der Waals surface area contributed by atoms with Crippen molar-refractivity contribution in [3.05, 3.63) is 22.4 Å². The van der Waals surface area contributed by atoms with Gasteiger partial charge in [-0.05, 0) is 36.8 Å². The van der Waals surface area contributed by atoms with Gasteiger partial charge >= 0.3 is 0 Å². The predicted octanol–water partition coefficient (Wildman–Crippen LogP) is 2.66. The zero-order valence-corrected chi connectivity index (χ0v) is 12.0. The monoisotopic (exact) mass is 266 g/mol. The van der Waals surface area contributed by atoms with Gasteiger partial charge in [0.15, 0.2) is 0 Å². The Hall–Kier alpha value is -0.870. The van der Waals surface area contributed by atoms with E-state index in [9.17, 15) is 4.79 Å². The van der Waals surface area contributed by atoms with Gasteiger partial charge in [-0.1, -0.05) is 19.9 Å². The Morgan fingerprint density at radius 1 is 1.61 bits per heavy atom. The molecule has 1 saturated heterocycles. The second-order valence-electron chi connectivity index (χ2n) is 5.34. The summed E-state index contributed by atoms with van der Waals surface area (Å²) in [6.07, 6.45) is 2.37. The van der Waals surface area contributed by atoms with Crippen LogP contribution in [0.25, 0.3) is 0 Å². The average Bonchev–Trinajstić information content (AvgIpc) is 2.95. The van der Waals surface area contributed by atoms with E-state index >= 15 is 0 Å². The van der Waals surface area contributed by atoms with Crippen LogP contribution in [-0.4, -0.2) is 30.4 Å². The molecule has 1 aliphatic rings. The Morgan fingerprint density at radius 3 is 3.11 bits per heavy atom. The molecule has 0 saturated carbocycles. The van der Waals surface area contributed by atoms with Crippen LogP contribution in [-0.2, 0) is 4.79 Å². The number of rotatable bonds is 5. The molecular formula is C14H22N2OS. The largest absolute Gasteiger partial charge is 0.355 e. The summed E-state index contributed by atoms with van der Waals surface area (Å²) >= 11 is 1.80. The molecule has 1 unspecified atom stereocenters. The van der Waals surface area contributed by atoms with Crippen LogP contribution in [0, 0.1) is 5.92 Å². The lowest BCUT2D eigenvalue weighted by Gasteiger charge is -2.23. The molecular weight excluding hydrogens is 244 g/mol. The Morgan fingerprint density at radius 2 is 2.44 bits per heavy atom. The Bertz CT molecular complexity index is 375. The van der Waals surface area contributed by atoms with E-state index in [1.54, 1.807) is 11.3 Å². The van der Waals surface area contributed by atoms with Gasteiger partial charge < -0.3 is 5.32 Å². The molecule has 18 heavy (non-hydrogen) atoms. The third-order valence-corrected chi connectivity index (χ3v) is 4.26. The van der Waals surface area contributed by atoms with E-state index in [0.29, 0.717) is 18.5 Å². The summed E-state index contributed by atoms with van der Waals surface area (Å²) < 4.78 is 0. The molecule has 1 atom stereocenters. The van der Waals surface area contributed by atoms with Crippen molar-refractivity contribution in [3.8, 4) is 0 Å². The van der Waals surface area contributed by atoms with E-state index in [4.69, 9.17) is 0 Å². The highest BCUT2D eigenvalue weighted by Crippen LogP contribution is 2.33. The van der Waals surface area contributed by atoms with Crippen LogP contribution in [0.5, 0.6) is 0 Å². The molecule has 1 amide bonds. The van der Waals surface area contributed by atoms with Gasteiger partial charge in [0.25, 0.3) is 0 Å². The first-order valence-corrected chi connectivity index (χ1v) is 7.59. The quantitative estimate of drug-likeness (QED) is 0.888. The van der Waals surface area contributed by atoms with Crippen molar-refractivity contribution in [2.45, 2.75) is 32.7 Å². The highest BCUT2D eigenvalue weighted by molar-refractivity contribution is 7.10. The van der Waals surface area contributed by atoms with Gasteiger partial charge in [0, 0.05) is 17.5 Å². The van der Waals surface area contributed by atoms with Crippen LogP contribution in [0.1, 0.15) is 37.6 Å². The number of carbonyl (C=O) groups excluding carboxylic acids is 1. The van der Waals surface area contributed by atoms with Crippen LogP contribution in [0.15, 0.2) is 17.5 Å². The number of likely N-dealkylation sites (tertiary alicyclic amines) is 1. The SMILES string of the molecule is CC(C)CNC(=O)CN1CCCC1c1cccs1. The molecule has 0 aromatic carbocycles. The van der Waals surface area contributed by atoms with Crippen LogP contribution in [0.3, 0.4) is 0 Å². The molecule has 1 aliphatic heterocycles. The van der Waals surface area contributed by atoms with Crippen LogP contribution >= 0.6 is 11.3 Å². The third-order valence-electron chi connectivity index (χ3n) is 3.29. The van der Waals surface area contributed by atoms with E-state index in [0.717, 1.165) is 13.1 Å². The van der Waals surface area contributed by atoms with Crippen molar-refractivity contribution < 1.29 is 4.79 Å². The first-order chi connectivity index (χ1) is 8.66. The fourth-order valence-corrected chi connectivity index (χ4v) is 3.27. The van der Waals surface area contributed by atoms with Gasteiger partial charge in [0.1, 0.15) is 0 Å². The standard InChI is InChI=1S/C14H22N2OS/c1-11(2)9-15-14(17)10-16-7-3-5-12(16)13-6-4-8-18-13/h4,6,8,11-12H,3,5,7,9-10H2,1-2H3,(H,15,17). The molecule has 1 N–H and O–H groups in total. The van der Waals surface area contributed by atoms with Gasteiger partial charge in [-0.2, -0.15) is 0 Å². The van der Waals surface area contributed by atoms with Crippen molar-refractivity contribution in [1.29, 1.82) is 0 Å². The molecule has 100 valence electrons. The normalized spacial score (nSPS) is 20.5. The molecule has 0 radical (unpaired) electrons. The zero-order chi connectivity index (χ0) is 13.0. The zero-order valence-electron chi connectivity index (χ0n) is 11.2. The van der Waals surface area contributed by atoms with Gasteiger partial charge in [0.2, 0.25) is 5.91 Å². The number of nitrogens with one attached hydrogen (secondary N) is 1. The lowest BCUT2D eigenvalue weighted by Crippen LogP contribution is -2.38. The molecule has 2 rings (SSSR count). The highest BCUT2D eigenvalue weighted by Gasteiger charge is 2.27. The smallest absolute Gasteiger partial charge is 0.234 e. The lowest BCUT2D eigenvalue weighted by molar-refractivity contribution is -0.122. The summed E-state index contributed by atoms with van der Waals surface area (Å²) in [4.78, 5) is 15.6. The molecule has 1 fully saturated rings. The molecule has 0 aliphatic carbocycles. The summed E-state index contributed by atoms with van der Waals surface area (Å²) in [7, 11) is 0. The topological polar surface area (TPSA) is 32.3 Å². The number of thiophene rings is 1. The maximum atomic E-state index is 11.9. The van der Waals surface area contributed by atoms with Gasteiger partial charge in [-0.3, -0.25) is 9.69 Å². The Labute approximate surface area is 113 Å². The lowest BCUT2D eigenvalue weighted by atomic mass is 10.2. The number of hydrogen-bond acceptors (Lipinski definition) is 3. The second kappa shape index (κ2) is 6.34. The van der Waals surface area contributed by atoms with Crippen molar-refractivity contribution in [1.82, 2.24) is 10.2 Å². The number of amides is 1. The van der Waals surface area contributed by atoms with Crippen molar-refractivity contribution >= 4 is 17.2 Å². The van der Waals surface area contributed by atoms with E-state index < -0.39 is 0 Å². The van der Waals surface area contributed by atoms with Crippen molar-refractivity contribution in [2.75, 3.05) is 19.6 Å². The van der Waals surface area contributed by atoms with E-state index in [-0.39, 0.29) is 5.91 Å². The molecule has 0 spiro atoms. The minimum absolute atomic E-state index is 0.159. The van der Waals surface area contributed by atoms with Gasteiger partial charge in [0.05, 0.1) is 6.54 Å². The second-order valence-corrected chi connectivity index (χ2v) is 6.32. The number of hydrogen-bond donors (Lipinski definition) is 1. The number of carbonyl (C=O) groups is 1. The van der Waals surface area contributed by atoms with Gasteiger partial charge in [-0.15, -0.1) is 11.3 Å². The summed E-state index contributed by atoms with van der Waals surface area (Å²) in [6.45, 7) is 6.58. The van der Waals surface area contributed by atoms with E-state index in [2.05, 4.69) is 41.6 Å². The first-order valence-electron chi connectivity index (χ1n) is 6.71. The molecule has 3 nitrogen and oxygen atoms in total. The maximum Gasteiger partial charge on any atom is 0.234 e. The van der Waals surface area contributed by atoms with Crippen LogP contribution < -0.4 is 5.32 Å². The Kier molecular flexibility index (Phi) is 4.78. The highest BCUT2D eigenvalue weighted by atomic mass is 32.1. The van der Waals surface area contributed by atoms with Crippen LogP contribution in [0.2, 0.25) is 0 Å². The summed E-state index contributed by atoms with van der Waals surface area (Å²) in [5.41, 5.74) is 0. The summed E-state index contributed by atoms with van der Waals surface area (Å²) in [6, 6.07) is 4.73. The summed E-state index contributed by atoms with van der Waals surface area (Å²) in [5.74, 6) is 0.674. The first kappa shape index (κ1) is 13.6. The minimum atomic E-state index is 0.159. The molecule has 0 bridgehead atoms. The predicted molar refractivity (Wildman–Crippen MR) is 75.7 cm³/mol. The molecule has 4 heteroatoms. The summed E-state index contributed by atoms with van der Waals surface area (Å²) in [5, 5.41) is 5.11. The van der Waals surface area contributed by atoms with Crippen molar-refractivity contribution in [3.63, 3.8) is 0 Å². The number of nitrogens with zero attached hydrogens (tertiary/aromatic N) is 1. The fourth-order valence-electron chi connectivity index (χ4n) is 2.38. The molecule has 1 aromatic heterocycles. The Balaban J connectivity index is 1.86. The maximum absolute atomic E-state index is 11.9. The minimum Gasteiger partial charge on any atom is -0.355 e. The van der Waals surface area contributed by atoms with Gasteiger partial charge in [-0.25, -0.2) is 0 Å². The van der Waals surface area contributed by atoms with E-state index in [1.807, 2.05) is 0 Å². The molecule has 2 heterocycles. The fraction of sp³-hybridized carbons (Fsp3) is 0.643. The van der Waals surface area contributed by atoms with E-state index in [1.165, 1.54) is 17.7 Å². The van der Waals surface area contributed by atoms with Crippen LogP contribution in [0.4, 0.5) is 0 Å². The third kappa shape index (κ3) is 3.56.